The molecule has 0 aromatic carbocycles. The molecule has 3 unspecified atom stereocenters. The van der Waals surface area contributed by atoms with Crippen molar-refractivity contribution in [2.75, 3.05) is 32.3 Å². The molecule has 2 heterocycles. The summed E-state index contributed by atoms with van der Waals surface area (Å²) in [5.74, 6) is 8.11. The molecule has 11 rings (SSSR count). The molecule has 226 valence electrons. The normalized spacial score (nSPS) is 50.5. The summed E-state index contributed by atoms with van der Waals surface area (Å²) in [7, 11) is 3.67. The van der Waals surface area contributed by atoms with Crippen LogP contribution in [0.3, 0.4) is 0 Å². The Hall–Kier alpha value is 0.260. The maximum Gasteiger partial charge on any atom is 0.0146 e. The summed E-state index contributed by atoms with van der Waals surface area (Å²) in [4.78, 5) is 0. The Bertz CT molecular complexity index is 946. The van der Waals surface area contributed by atoms with Gasteiger partial charge in [-0.1, -0.05) is 25.6 Å². The van der Waals surface area contributed by atoms with Crippen molar-refractivity contribution in [1.29, 1.82) is 0 Å². The quantitative estimate of drug-likeness (QED) is 0.291. The SMILES string of the molecule is PC(C1=C(CP(C23CC4CC(CC(C4)C2)C3)C23CC4CC(CC(C4)C2)C3)C=CC1)(C1CCCNC1)C1CCCNC1. The molecular weight excluding hydrogens is 534 g/mol. The molecule has 9 aliphatic carbocycles. The molecule has 0 aromatic rings. The topological polar surface area (TPSA) is 24.1 Å². The minimum Gasteiger partial charge on any atom is -0.316 e. The van der Waals surface area contributed by atoms with Crippen LogP contribution >= 0.6 is 17.2 Å². The lowest BCUT2D eigenvalue weighted by Crippen LogP contribution is -2.57. The maximum absolute atomic E-state index is 3.86. The number of hydrogen-bond donors (Lipinski definition) is 2. The van der Waals surface area contributed by atoms with Crippen molar-refractivity contribution in [3.63, 3.8) is 0 Å². The molecule has 8 bridgehead atoms. The molecule has 0 amide bonds. The molecule has 0 aromatic heterocycles. The largest absolute Gasteiger partial charge is 0.316 e. The Morgan fingerprint density at radius 1 is 0.707 bits per heavy atom. The molecule has 0 radical (unpaired) electrons. The van der Waals surface area contributed by atoms with E-state index in [1.165, 1.54) is 64.4 Å². The van der Waals surface area contributed by atoms with E-state index in [0.717, 1.165) is 57.7 Å². The van der Waals surface area contributed by atoms with Crippen LogP contribution in [0, 0.1) is 47.3 Å². The lowest BCUT2D eigenvalue weighted by molar-refractivity contribution is 0.0187. The number of piperidine rings is 2. The van der Waals surface area contributed by atoms with Crippen molar-refractivity contribution < 1.29 is 0 Å². The summed E-state index contributed by atoms with van der Waals surface area (Å²) in [6, 6.07) is 0. The van der Waals surface area contributed by atoms with Gasteiger partial charge in [-0.3, -0.25) is 0 Å². The first kappa shape index (κ1) is 27.6. The zero-order chi connectivity index (χ0) is 27.2. The van der Waals surface area contributed by atoms with Crippen LogP contribution in [0.2, 0.25) is 0 Å². The van der Waals surface area contributed by atoms with Crippen molar-refractivity contribution in [2.45, 2.75) is 125 Å². The molecule has 2 saturated heterocycles. The van der Waals surface area contributed by atoms with Gasteiger partial charge in [-0.05, 0) is 205 Å². The van der Waals surface area contributed by atoms with Crippen molar-refractivity contribution in [3.05, 3.63) is 23.3 Å². The summed E-state index contributed by atoms with van der Waals surface area (Å²) in [5.41, 5.74) is 3.79. The first-order valence-corrected chi connectivity index (χ1v) is 20.5. The van der Waals surface area contributed by atoms with E-state index < -0.39 is 0 Å². The van der Waals surface area contributed by atoms with E-state index in [9.17, 15) is 0 Å². The second kappa shape index (κ2) is 10.4. The van der Waals surface area contributed by atoms with Crippen LogP contribution in [-0.4, -0.2) is 47.8 Å². The van der Waals surface area contributed by atoms with Crippen LogP contribution in [0.5, 0.6) is 0 Å². The van der Waals surface area contributed by atoms with E-state index in [2.05, 4.69) is 32.0 Å². The van der Waals surface area contributed by atoms with Crippen LogP contribution in [0.4, 0.5) is 0 Å². The maximum atomic E-state index is 3.86. The lowest BCUT2D eigenvalue weighted by Gasteiger charge is -2.67. The summed E-state index contributed by atoms with van der Waals surface area (Å²) in [5, 5.41) is 9.49. The predicted molar refractivity (Wildman–Crippen MR) is 178 cm³/mol. The first-order valence-electron chi connectivity index (χ1n) is 18.4. The molecular formula is C37H58N2P2. The highest BCUT2D eigenvalue weighted by Gasteiger charge is 2.62. The minimum atomic E-state index is 0.0218. The minimum absolute atomic E-state index is 0.0218. The van der Waals surface area contributed by atoms with Gasteiger partial charge in [-0.15, -0.1) is 9.24 Å². The van der Waals surface area contributed by atoms with Gasteiger partial charge >= 0.3 is 0 Å². The fourth-order valence-corrected chi connectivity index (χ4v) is 20.4. The molecule has 4 heteroatoms. The van der Waals surface area contributed by atoms with Crippen LogP contribution in [0.15, 0.2) is 23.3 Å². The third kappa shape index (κ3) is 4.51. The van der Waals surface area contributed by atoms with Gasteiger partial charge in [0.15, 0.2) is 0 Å². The fourth-order valence-electron chi connectivity index (χ4n) is 14.3. The van der Waals surface area contributed by atoms with E-state index in [1.54, 1.807) is 77.0 Å². The average molecular weight is 593 g/mol. The van der Waals surface area contributed by atoms with Gasteiger partial charge in [-0.25, -0.2) is 0 Å². The van der Waals surface area contributed by atoms with Crippen LogP contribution in [0.1, 0.15) is 109 Å². The molecule has 2 nitrogen and oxygen atoms in total. The van der Waals surface area contributed by atoms with E-state index in [-0.39, 0.29) is 13.1 Å². The van der Waals surface area contributed by atoms with Crippen molar-refractivity contribution in [2.24, 2.45) is 47.3 Å². The highest BCUT2D eigenvalue weighted by atomic mass is 31.1. The van der Waals surface area contributed by atoms with Gasteiger partial charge < -0.3 is 10.6 Å². The number of nitrogens with one attached hydrogen (secondary N) is 2. The Morgan fingerprint density at radius 2 is 1.15 bits per heavy atom. The monoisotopic (exact) mass is 592 g/mol. The number of allylic oxidation sites excluding steroid dienone is 4. The second-order valence-electron chi connectivity index (χ2n) is 17.5. The first-order chi connectivity index (χ1) is 20.0. The zero-order valence-corrected chi connectivity index (χ0v) is 27.9. The zero-order valence-electron chi connectivity index (χ0n) is 25.9. The molecule has 41 heavy (non-hydrogen) atoms. The smallest absolute Gasteiger partial charge is 0.0146 e. The molecule has 3 atom stereocenters. The van der Waals surface area contributed by atoms with Gasteiger partial charge in [0.1, 0.15) is 0 Å². The molecule has 10 fully saturated rings. The third-order valence-electron chi connectivity index (χ3n) is 15.0. The third-order valence-corrected chi connectivity index (χ3v) is 20.3. The standard InChI is InChI=1S/C37H58N2P2/c40-37(32-5-2-8-38-22-32,33-6-3-9-39-23-33)34-7-1-4-31(34)24-41(35-16-25-10-26(17-35)12-27(11-25)18-35)36-19-28-13-29(20-36)15-30(14-28)21-36/h1,4,25-30,32-33,38-39H,2-3,5-24,40H2. The lowest BCUT2D eigenvalue weighted by atomic mass is 9.55. The van der Waals surface area contributed by atoms with Crippen LogP contribution in [-0.2, 0) is 0 Å². The molecule has 2 aliphatic heterocycles. The Kier molecular flexibility index (Phi) is 6.99. The van der Waals surface area contributed by atoms with Crippen molar-refractivity contribution >= 4 is 17.2 Å². The number of hydrogen-bond acceptors (Lipinski definition) is 2. The van der Waals surface area contributed by atoms with Crippen LogP contribution < -0.4 is 10.6 Å². The number of rotatable bonds is 7. The molecule has 8 saturated carbocycles. The Balaban J connectivity index is 1.13. The van der Waals surface area contributed by atoms with E-state index in [4.69, 9.17) is 0 Å². The molecule has 0 spiro atoms. The summed E-state index contributed by atoms with van der Waals surface area (Å²) >= 11 is 0. The average Bonchev–Trinajstić information content (AvgIpc) is 3.44. The van der Waals surface area contributed by atoms with E-state index in [1.807, 2.05) is 11.1 Å². The van der Waals surface area contributed by atoms with Gasteiger partial charge in [0.25, 0.3) is 0 Å². The van der Waals surface area contributed by atoms with Gasteiger partial charge in [0, 0.05) is 5.16 Å². The van der Waals surface area contributed by atoms with Gasteiger partial charge in [0.05, 0.1) is 0 Å². The second-order valence-corrected chi connectivity index (χ2v) is 21.5. The van der Waals surface area contributed by atoms with E-state index in [0.29, 0.717) is 0 Å². The summed E-state index contributed by atoms with van der Waals surface area (Å²) < 4.78 is 0. The fraction of sp³-hybridized carbons (Fsp3) is 0.892. The van der Waals surface area contributed by atoms with Gasteiger partial charge in [-0.2, -0.15) is 0 Å². The summed E-state index contributed by atoms with van der Waals surface area (Å²) in [6.07, 6.45) is 33.2. The summed E-state index contributed by atoms with van der Waals surface area (Å²) in [6.45, 7) is 4.92. The predicted octanol–water partition coefficient (Wildman–Crippen LogP) is 8.28. The highest BCUT2D eigenvalue weighted by molar-refractivity contribution is 7.61. The molecule has 11 aliphatic rings. The van der Waals surface area contributed by atoms with Gasteiger partial charge in [0.2, 0.25) is 0 Å². The van der Waals surface area contributed by atoms with Crippen LogP contribution in [0.25, 0.3) is 0 Å². The van der Waals surface area contributed by atoms with E-state index >= 15 is 0 Å². The highest BCUT2D eigenvalue weighted by Crippen LogP contribution is 2.79. The molecule has 2 N–H and O–H groups in total. The Labute approximate surface area is 254 Å². The Morgan fingerprint density at radius 3 is 1.54 bits per heavy atom. The van der Waals surface area contributed by atoms with Crippen molar-refractivity contribution in [3.8, 4) is 0 Å². The van der Waals surface area contributed by atoms with Crippen molar-refractivity contribution in [1.82, 2.24) is 10.6 Å².